The van der Waals surface area contributed by atoms with Crippen LogP contribution >= 0.6 is 0 Å². The van der Waals surface area contributed by atoms with Crippen molar-refractivity contribution in [3.05, 3.63) is 193 Å². The molecule has 0 spiro atoms. The van der Waals surface area contributed by atoms with E-state index < -0.39 is 0 Å². The fraction of sp³-hybridized carbons (Fsp3) is 0.317. The molecular formula is C82H94N6O4+2. The van der Waals surface area contributed by atoms with Gasteiger partial charge in [0.05, 0.1) is 78.3 Å². The van der Waals surface area contributed by atoms with Crippen LogP contribution in [0.15, 0.2) is 170 Å². The van der Waals surface area contributed by atoms with Crippen LogP contribution in [0.25, 0.3) is 90.9 Å². The molecule has 92 heavy (non-hydrogen) atoms. The van der Waals surface area contributed by atoms with Crippen molar-refractivity contribution in [2.75, 3.05) is 55.5 Å². The summed E-state index contributed by atoms with van der Waals surface area (Å²) in [7, 11) is 13.0. The Morgan fingerprint density at radius 1 is 0.304 bits per heavy atom. The quantitative estimate of drug-likeness (QED) is 0.0344. The molecule has 10 heteroatoms. The Morgan fingerprint density at radius 2 is 0.587 bits per heavy atom. The Kier molecular flexibility index (Phi) is 21.4. The summed E-state index contributed by atoms with van der Waals surface area (Å²) < 4.78 is 27.2. The molecule has 9 aromatic rings. The Balaban J connectivity index is 1.03. The van der Waals surface area contributed by atoms with Gasteiger partial charge in [-0.25, -0.2) is 9.97 Å². The molecule has 2 aliphatic rings. The zero-order chi connectivity index (χ0) is 63.9. The molecule has 2 aliphatic heterocycles. The largest absolute Gasteiger partial charge is 0.494 e. The summed E-state index contributed by atoms with van der Waals surface area (Å²) in [5.41, 5.74) is 17.1. The third-order valence-corrected chi connectivity index (χ3v) is 17.5. The number of fused-ring (bicyclic) bond motifs is 8. The highest BCUT2D eigenvalue weighted by Crippen LogP contribution is 2.41. The number of unbranched alkanes of at least 4 members (excludes halogenated alkanes) is 14. The maximum Gasteiger partial charge on any atom is 0.135 e. The lowest BCUT2D eigenvalue weighted by Crippen LogP contribution is -2.34. The maximum atomic E-state index is 6.54. The number of quaternary nitrogens is 2. The van der Waals surface area contributed by atoms with E-state index >= 15 is 0 Å². The van der Waals surface area contributed by atoms with Crippen LogP contribution in [0.2, 0.25) is 0 Å². The van der Waals surface area contributed by atoms with Gasteiger partial charge in [0.15, 0.2) is 0 Å². The molecule has 0 aliphatic carbocycles. The van der Waals surface area contributed by atoms with E-state index in [1.54, 1.807) is 0 Å². The number of aromatic amines is 2. The molecule has 3 aromatic heterocycles. The third-order valence-electron chi connectivity index (χ3n) is 17.5. The van der Waals surface area contributed by atoms with Crippen molar-refractivity contribution in [2.24, 2.45) is 0 Å². The van der Waals surface area contributed by atoms with Gasteiger partial charge in [-0.05, 0) is 156 Å². The molecule has 8 bridgehead atoms. The van der Waals surface area contributed by atoms with E-state index in [0.29, 0.717) is 22.2 Å². The van der Waals surface area contributed by atoms with Gasteiger partial charge in [-0.3, -0.25) is 8.97 Å². The second-order valence-corrected chi connectivity index (χ2v) is 26.5. The molecule has 0 saturated carbocycles. The topological polar surface area (TPSA) is 94.3 Å². The molecule has 10 nitrogen and oxygen atoms in total. The zero-order valence-corrected chi connectivity index (χ0v) is 55.6. The summed E-state index contributed by atoms with van der Waals surface area (Å²) in [5.74, 6) is 4.78. The first-order chi connectivity index (χ1) is 44.8. The minimum absolute atomic E-state index is 0.685. The molecule has 0 atom stereocenters. The molecule has 0 amide bonds. The Labute approximate surface area is 546 Å². The summed E-state index contributed by atoms with van der Waals surface area (Å²) in [6.07, 6.45) is 28.7. The minimum Gasteiger partial charge on any atom is -0.494 e. The van der Waals surface area contributed by atoms with Crippen LogP contribution in [0.1, 0.15) is 139 Å². The molecule has 0 unspecified atom stereocenters. The van der Waals surface area contributed by atoms with Gasteiger partial charge in [0.25, 0.3) is 0 Å². The predicted octanol–water partition coefficient (Wildman–Crippen LogP) is 22.3. The van der Waals surface area contributed by atoms with Crippen molar-refractivity contribution in [1.82, 2.24) is 28.9 Å². The van der Waals surface area contributed by atoms with Gasteiger partial charge in [0.2, 0.25) is 0 Å². The number of H-pyrrole nitrogens is 2. The van der Waals surface area contributed by atoms with Crippen LogP contribution < -0.4 is 27.9 Å². The van der Waals surface area contributed by atoms with Gasteiger partial charge >= 0.3 is 0 Å². The predicted molar refractivity (Wildman–Crippen MR) is 389 cm³/mol. The van der Waals surface area contributed by atoms with Gasteiger partial charge < -0.3 is 28.9 Å². The first kappa shape index (κ1) is 64.6. The van der Waals surface area contributed by atoms with Gasteiger partial charge in [-0.2, -0.15) is 0 Å². The van der Waals surface area contributed by atoms with Crippen LogP contribution in [0.5, 0.6) is 34.5 Å². The smallest absolute Gasteiger partial charge is 0.135 e. The van der Waals surface area contributed by atoms with E-state index in [-0.39, 0.29) is 0 Å². The number of ether oxygens (including phenoxy) is 4. The molecule has 0 fully saturated rings. The second kappa shape index (κ2) is 30.4. The average molecular weight is 1230 g/mol. The summed E-state index contributed by atoms with van der Waals surface area (Å²) in [4.78, 5) is 19.2. The van der Waals surface area contributed by atoms with Crippen LogP contribution in [0.4, 0.5) is 11.4 Å². The molecule has 0 radical (unpaired) electrons. The highest BCUT2D eigenvalue weighted by molar-refractivity contribution is 6.00. The number of hydrogen-bond acceptors (Lipinski definition) is 6. The van der Waals surface area contributed by atoms with Crippen molar-refractivity contribution >= 4 is 57.7 Å². The molecule has 474 valence electrons. The standard InChI is InChI=1S/C82H94N6O4/c1-9-11-13-15-17-19-21-23-55-89-65-39-31-59(32-40-65)79-71-47-51-75(83-71)81(61-35-43-67(44-36-61)91-69-29-25-27-63(57-69)87(3,4)5)77-53-49-73(85-77)80(60-33-41-66(42-34-60)90-56-24-22-20-18-16-14-12-10-2)74-50-54-78(86-74)82(76-52-48-72(79)84-76)62-37-45-68(46-38-62)92-70-30-26-28-64(58-70)88(6,7)8/h25-54,57-58,83,86H,9-24,55-56H2,1-8H3/q+2. The van der Waals surface area contributed by atoms with Gasteiger partial charge in [0, 0.05) is 56.5 Å². The number of nitrogens with one attached hydrogen (secondary N) is 2. The number of nitrogens with zero attached hydrogens (tertiary/aromatic N) is 4. The van der Waals surface area contributed by atoms with Crippen molar-refractivity contribution < 1.29 is 18.9 Å². The van der Waals surface area contributed by atoms with E-state index in [1.165, 1.54) is 89.9 Å². The molecule has 0 saturated heterocycles. The first-order valence-electron chi connectivity index (χ1n) is 33.8. The van der Waals surface area contributed by atoms with E-state index in [2.05, 4.69) is 248 Å². The van der Waals surface area contributed by atoms with Gasteiger partial charge in [-0.15, -0.1) is 0 Å². The molecular weight excluding hydrogens is 1130 g/mol. The van der Waals surface area contributed by atoms with E-state index in [9.17, 15) is 0 Å². The van der Waals surface area contributed by atoms with E-state index in [4.69, 9.17) is 28.9 Å². The summed E-state index contributed by atoms with van der Waals surface area (Å²) in [5, 5.41) is 0. The number of hydrogen-bond donors (Lipinski definition) is 2. The van der Waals surface area contributed by atoms with Crippen LogP contribution in [0.3, 0.4) is 0 Å². The Hall–Kier alpha value is -8.96. The van der Waals surface area contributed by atoms with Gasteiger partial charge in [-0.1, -0.05) is 164 Å². The highest BCUT2D eigenvalue weighted by atomic mass is 16.5. The lowest BCUT2D eigenvalue weighted by Gasteiger charge is -2.23. The minimum atomic E-state index is 0.685. The highest BCUT2D eigenvalue weighted by Gasteiger charge is 2.21. The van der Waals surface area contributed by atoms with E-state index in [1.807, 2.05) is 12.1 Å². The van der Waals surface area contributed by atoms with Crippen LogP contribution in [0, 0.1) is 0 Å². The lowest BCUT2D eigenvalue weighted by molar-refractivity contribution is 0.304. The average Bonchev–Trinajstić information content (AvgIpc) is 1.61. The van der Waals surface area contributed by atoms with Crippen molar-refractivity contribution in [2.45, 2.75) is 117 Å². The molecule has 6 aromatic carbocycles. The maximum absolute atomic E-state index is 6.54. The Morgan fingerprint density at radius 3 is 0.880 bits per heavy atom. The number of benzene rings is 6. The fourth-order valence-corrected chi connectivity index (χ4v) is 12.3. The summed E-state index contributed by atoms with van der Waals surface area (Å²) in [6.45, 7) is 5.94. The third kappa shape index (κ3) is 16.6. The molecule has 11 rings (SSSR count). The molecule has 2 N–H and O–H groups in total. The Bertz CT molecular complexity index is 3870. The molecule has 5 heterocycles. The van der Waals surface area contributed by atoms with Crippen LogP contribution in [-0.2, 0) is 0 Å². The second-order valence-electron chi connectivity index (χ2n) is 26.5. The fourth-order valence-electron chi connectivity index (χ4n) is 12.3. The van der Waals surface area contributed by atoms with Crippen molar-refractivity contribution in [3.63, 3.8) is 0 Å². The SMILES string of the molecule is CCCCCCCCCCOc1ccc(-c2c3nc(c(-c4ccc(Oc5cccc([N+](C)(C)C)c5)cc4)c4ccc([nH]4)c(-c4ccc(OCCCCCCCCCC)cc4)c4nc(c(-c5ccc(Oc6cccc([N+](C)(C)C)c6)cc5)c5ccc2[nH]5)C=C4)C=C3)cc1. The normalized spacial score (nSPS) is 12.2. The van der Waals surface area contributed by atoms with Gasteiger partial charge in [0.1, 0.15) is 45.9 Å². The monoisotopic (exact) mass is 1230 g/mol. The summed E-state index contributed by atoms with van der Waals surface area (Å²) >= 11 is 0. The first-order valence-corrected chi connectivity index (χ1v) is 33.8. The van der Waals surface area contributed by atoms with Crippen molar-refractivity contribution in [3.8, 4) is 79.0 Å². The van der Waals surface area contributed by atoms with Crippen molar-refractivity contribution in [1.29, 1.82) is 0 Å². The van der Waals surface area contributed by atoms with Crippen LogP contribution in [-0.4, -0.2) is 75.4 Å². The zero-order valence-electron chi connectivity index (χ0n) is 55.6. The lowest BCUT2D eigenvalue weighted by atomic mass is 10.0. The van der Waals surface area contributed by atoms with E-state index in [0.717, 1.165) is 148 Å². The number of aromatic nitrogens is 4. The number of rotatable bonds is 30. The summed E-state index contributed by atoms with van der Waals surface area (Å²) in [6, 6.07) is 59.1.